The van der Waals surface area contributed by atoms with Crippen LogP contribution < -0.4 is 0 Å². The molecule has 2 aromatic carbocycles. The Kier molecular flexibility index (Phi) is 4.26. The van der Waals surface area contributed by atoms with Crippen LogP contribution in [0.5, 0.6) is 0 Å². The van der Waals surface area contributed by atoms with Crippen LogP contribution in [0.3, 0.4) is 0 Å². The van der Waals surface area contributed by atoms with Gasteiger partial charge in [-0.3, -0.25) is 9.78 Å². The van der Waals surface area contributed by atoms with Crippen molar-refractivity contribution in [2.45, 2.75) is 4.90 Å². The lowest BCUT2D eigenvalue weighted by Crippen LogP contribution is -1.98. The average molecular weight is 320 g/mol. The fraction of sp³-hybridized carbons (Fsp3) is 0.0556. The molecule has 0 aliphatic carbocycles. The number of carboxylic acids is 1. The molecule has 4 nitrogen and oxygen atoms in total. The number of hydrogen-bond acceptors (Lipinski definition) is 4. The quantitative estimate of drug-likeness (QED) is 0.737. The zero-order valence-corrected chi connectivity index (χ0v) is 12.9. The molecule has 0 aliphatic heterocycles. The summed E-state index contributed by atoms with van der Waals surface area (Å²) >= 11 is 1.24. The molecule has 0 unspecified atom stereocenters. The topological polar surface area (TPSA) is 74.0 Å². The highest BCUT2D eigenvalue weighted by molar-refractivity contribution is 8.00. The third-order valence-corrected chi connectivity index (χ3v) is 4.45. The van der Waals surface area contributed by atoms with Gasteiger partial charge >= 0.3 is 5.97 Å². The molecule has 112 valence electrons. The first-order chi connectivity index (χ1) is 11.2. The molecule has 0 spiro atoms. The monoisotopic (exact) mass is 320 g/mol. The van der Waals surface area contributed by atoms with E-state index < -0.39 is 5.97 Å². The number of hydrogen-bond donors (Lipinski definition) is 1. The van der Waals surface area contributed by atoms with Gasteiger partial charge in [0.25, 0.3) is 0 Å². The summed E-state index contributed by atoms with van der Waals surface area (Å²) in [7, 11) is 0. The number of thioether (sulfide) groups is 1. The van der Waals surface area contributed by atoms with E-state index in [2.05, 4.69) is 11.1 Å². The number of nitrogens with zero attached hydrogens (tertiary/aromatic N) is 2. The molecule has 0 saturated carbocycles. The van der Waals surface area contributed by atoms with Crippen LogP contribution in [0.4, 0.5) is 0 Å². The van der Waals surface area contributed by atoms with Crippen molar-refractivity contribution in [1.82, 2.24) is 4.98 Å². The van der Waals surface area contributed by atoms with E-state index in [1.807, 2.05) is 36.4 Å². The molecule has 3 aromatic rings. The van der Waals surface area contributed by atoms with Crippen LogP contribution in [0.1, 0.15) is 5.56 Å². The van der Waals surface area contributed by atoms with Gasteiger partial charge in [-0.05, 0) is 23.6 Å². The van der Waals surface area contributed by atoms with E-state index in [9.17, 15) is 10.1 Å². The van der Waals surface area contributed by atoms with Crippen LogP contribution in [-0.2, 0) is 4.79 Å². The number of pyridine rings is 1. The first-order valence-corrected chi connectivity index (χ1v) is 7.91. The number of rotatable bonds is 4. The largest absolute Gasteiger partial charge is 0.481 e. The van der Waals surface area contributed by atoms with Gasteiger partial charge in [-0.1, -0.05) is 30.3 Å². The maximum absolute atomic E-state index is 10.8. The van der Waals surface area contributed by atoms with Crippen LogP contribution in [0.15, 0.2) is 59.6 Å². The molecule has 1 N–H and O–H groups in total. The van der Waals surface area contributed by atoms with Gasteiger partial charge in [0.15, 0.2) is 0 Å². The Morgan fingerprint density at radius 1 is 1.13 bits per heavy atom. The van der Waals surface area contributed by atoms with Crippen molar-refractivity contribution >= 4 is 28.5 Å². The van der Waals surface area contributed by atoms with Gasteiger partial charge in [-0.15, -0.1) is 11.8 Å². The number of benzene rings is 2. The highest BCUT2D eigenvalue weighted by atomic mass is 32.2. The molecule has 0 saturated heterocycles. The van der Waals surface area contributed by atoms with E-state index in [1.54, 1.807) is 18.3 Å². The van der Waals surface area contributed by atoms with Crippen molar-refractivity contribution in [3.63, 3.8) is 0 Å². The third kappa shape index (κ3) is 3.03. The smallest absolute Gasteiger partial charge is 0.313 e. The molecule has 0 radical (unpaired) electrons. The Morgan fingerprint density at radius 2 is 1.91 bits per heavy atom. The molecule has 5 heteroatoms. The van der Waals surface area contributed by atoms with Gasteiger partial charge in [-0.2, -0.15) is 5.26 Å². The van der Waals surface area contributed by atoms with Crippen LogP contribution in [0.25, 0.3) is 22.0 Å². The lowest BCUT2D eigenvalue weighted by Gasteiger charge is -2.11. The molecule has 0 atom stereocenters. The lowest BCUT2D eigenvalue weighted by atomic mass is 9.98. The number of aromatic nitrogens is 1. The minimum atomic E-state index is -0.866. The Bertz CT molecular complexity index is 932. The summed E-state index contributed by atoms with van der Waals surface area (Å²) < 4.78 is 0. The summed E-state index contributed by atoms with van der Waals surface area (Å²) in [6.45, 7) is 0. The van der Waals surface area contributed by atoms with Crippen molar-refractivity contribution in [3.8, 4) is 17.3 Å². The van der Waals surface area contributed by atoms with E-state index in [0.29, 0.717) is 5.56 Å². The molecule has 0 aliphatic rings. The van der Waals surface area contributed by atoms with Crippen LogP contribution in [-0.4, -0.2) is 21.8 Å². The first kappa shape index (κ1) is 15.1. The van der Waals surface area contributed by atoms with Gasteiger partial charge in [-0.25, -0.2) is 0 Å². The summed E-state index contributed by atoms with van der Waals surface area (Å²) in [5.41, 5.74) is 2.24. The van der Waals surface area contributed by atoms with Crippen molar-refractivity contribution in [2.75, 3.05) is 5.75 Å². The number of fused-ring (bicyclic) bond motifs is 1. The summed E-state index contributed by atoms with van der Waals surface area (Å²) in [6, 6.07) is 17.2. The van der Waals surface area contributed by atoms with Crippen LogP contribution >= 0.6 is 11.8 Å². The van der Waals surface area contributed by atoms with Gasteiger partial charge in [0.05, 0.1) is 23.1 Å². The van der Waals surface area contributed by atoms with Crippen molar-refractivity contribution < 1.29 is 9.90 Å². The molecule has 0 fully saturated rings. The number of nitriles is 1. The Balaban J connectivity index is 2.19. The van der Waals surface area contributed by atoms with E-state index in [4.69, 9.17) is 5.11 Å². The zero-order chi connectivity index (χ0) is 16.2. The second-order valence-corrected chi connectivity index (χ2v) is 5.87. The van der Waals surface area contributed by atoms with Gasteiger partial charge in [0, 0.05) is 22.0 Å². The lowest BCUT2D eigenvalue weighted by molar-refractivity contribution is -0.133. The summed E-state index contributed by atoms with van der Waals surface area (Å²) in [6.07, 6.45) is 1.69. The van der Waals surface area contributed by atoms with E-state index >= 15 is 0 Å². The predicted molar refractivity (Wildman–Crippen MR) is 90.3 cm³/mol. The summed E-state index contributed by atoms with van der Waals surface area (Å²) in [4.78, 5) is 16.1. The van der Waals surface area contributed by atoms with Gasteiger partial charge in [0.2, 0.25) is 0 Å². The van der Waals surface area contributed by atoms with E-state index in [-0.39, 0.29) is 5.75 Å². The molecule has 23 heavy (non-hydrogen) atoms. The molecule has 3 rings (SSSR count). The maximum atomic E-state index is 10.8. The highest BCUT2D eigenvalue weighted by Gasteiger charge is 2.13. The summed E-state index contributed by atoms with van der Waals surface area (Å²) in [5, 5.41) is 20.0. The zero-order valence-electron chi connectivity index (χ0n) is 12.1. The van der Waals surface area contributed by atoms with Crippen LogP contribution in [0, 0.1) is 11.3 Å². The first-order valence-electron chi connectivity index (χ1n) is 6.92. The average Bonchev–Trinajstić information content (AvgIpc) is 2.59. The fourth-order valence-electron chi connectivity index (χ4n) is 2.45. The normalized spacial score (nSPS) is 10.4. The fourth-order valence-corrected chi connectivity index (χ4v) is 3.20. The van der Waals surface area contributed by atoms with E-state index in [0.717, 1.165) is 26.9 Å². The predicted octanol–water partition coefficient (Wildman–Crippen LogP) is 3.95. The summed E-state index contributed by atoms with van der Waals surface area (Å²) in [5.74, 6) is -0.887. The Morgan fingerprint density at radius 3 is 2.65 bits per heavy atom. The molecule has 1 aromatic heterocycles. The Labute approximate surface area is 137 Å². The minimum absolute atomic E-state index is 0.0209. The van der Waals surface area contributed by atoms with Crippen molar-refractivity contribution in [3.05, 3.63) is 60.3 Å². The Hall–Kier alpha value is -2.84. The van der Waals surface area contributed by atoms with E-state index in [1.165, 1.54) is 11.8 Å². The van der Waals surface area contributed by atoms with Crippen molar-refractivity contribution in [1.29, 1.82) is 5.26 Å². The molecular weight excluding hydrogens is 308 g/mol. The molecule has 0 amide bonds. The molecule has 0 bridgehead atoms. The number of aliphatic carboxylic acids is 1. The molecule has 1 heterocycles. The highest BCUT2D eigenvalue weighted by Crippen LogP contribution is 2.35. The number of carboxylic acid groups (broad SMARTS) is 1. The standard InChI is InChI=1S/C18H12N2O2S/c19-10-12-7-8-15(14-5-2-1-4-13(12)14)18-16(6-3-9-20-18)23-11-17(21)22/h1-9H,11H2,(H,21,22). The molecular formula is C18H12N2O2S. The maximum Gasteiger partial charge on any atom is 0.313 e. The van der Waals surface area contributed by atoms with Crippen molar-refractivity contribution in [2.24, 2.45) is 0 Å². The number of carbonyl (C=O) groups is 1. The van der Waals surface area contributed by atoms with Gasteiger partial charge < -0.3 is 5.11 Å². The van der Waals surface area contributed by atoms with Crippen LogP contribution in [0.2, 0.25) is 0 Å². The van der Waals surface area contributed by atoms with Gasteiger partial charge in [0.1, 0.15) is 0 Å². The second kappa shape index (κ2) is 6.51. The SMILES string of the molecule is N#Cc1ccc(-c2ncccc2SCC(=O)O)c2ccccc12. The minimum Gasteiger partial charge on any atom is -0.481 e. The third-order valence-electron chi connectivity index (χ3n) is 3.42. The second-order valence-electron chi connectivity index (χ2n) is 4.85.